The molecule has 2 rings (SSSR count). The lowest BCUT2D eigenvalue weighted by Crippen LogP contribution is -1.96. The van der Waals surface area contributed by atoms with Gasteiger partial charge in [-0.05, 0) is 36.8 Å². The van der Waals surface area contributed by atoms with E-state index in [4.69, 9.17) is 10.5 Å². The van der Waals surface area contributed by atoms with Gasteiger partial charge in [0, 0.05) is 12.2 Å². The number of rotatable bonds is 3. The fraction of sp³-hybridized carbons (Fsp3) is 0.154. The lowest BCUT2D eigenvalue weighted by Gasteiger charge is -2.06. The molecule has 2 aromatic rings. The van der Waals surface area contributed by atoms with Crippen molar-refractivity contribution in [2.24, 2.45) is 5.73 Å². The van der Waals surface area contributed by atoms with E-state index in [1.165, 1.54) is 0 Å². The van der Waals surface area contributed by atoms with Gasteiger partial charge < -0.3 is 10.5 Å². The Hall–Kier alpha value is -1.87. The van der Waals surface area contributed by atoms with Gasteiger partial charge in [0.1, 0.15) is 11.5 Å². The second-order valence-electron chi connectivity index (χ2n) is 3.59. The van der Waals surface area contributed by atoms with E-state index in [9.17, 15) is 0 Å². The minimum Gasteiger partial charge on any atom is -0.456 e. The standard InChI is InChI=1S/C13H14N2O/c1-10-5-6-13(9-15-10)16-12-4-2-3-11(7-12)8-14/h2-7,9H,8,14H2,1H3. The maximum absolute atomic E-state index is 5.66. The Morgan fingerprint density at radius 1 is 1.19 bits per heavy atom. The van der Waals surface area contributed by atoms with Gasteiger partial charge in [0.05, 0.1) is 6.20 Å². The Kier molecular flexibility index (Phi) is 3.17. The summed E-state index contributed by atoms with van der Waals surface area (Å²) in [6, 6.07) is 11.6. The van der Waals surface area contributed by atoms with Crippen LogP contribution in [0.1, 0.15) is 11.3 Å². The van der Waals surface area contributed by atoms with Crippen molar-refractivity contribution in [1.82, 2.24) is 4.98 Å². The van der Waals surface area contributed by atoms with Crippen LogP contribution in [0.4, 0.5) is 0 Å². The quantitative estimate of drug-likeness (QED) is 0.854. The second-order valence-corrected chi connectivity index (χ2v) is 3.59. The number of aromatic nitrogens is 1. The third-order valence-electron chi connectivity index (χ3n) is 2.25. The van der Waals surface area contributed by atoms with Crippen LogP contribution in [0.3, 0.4) is 0 Å². The number of nitrogens with zero attached hydrogens (tertiary/aromatic N) is 1. The summed E-state index contributed by atoms with van der Waals surface area (Å²) in [5.41, 5.74) is 7.59. The first-order valence-electron chi connectivity index (χ1n) is 5.17. The van der Waals surface area contributed by atoms with Gasteiger partial charge in [-0.2, -0.15) is 0 Å². The van der Waals surface area contributed by atoms with Crippen LogP contribution in [0, 0.1) is 6.92 Å². The average Bonchev–Trinajstić information content (AvgIpc) is 2.32. The molecular formula is C13H14N2O. The molecule has 1 aromatic heterocycles. The van der Waals surface area contributed by atoms with Gasteiger partial charge in [-0.15, -0.1) is 0 Å². The van der Waals surface area contributed by atoms with Crippen LogP contribution in [0.15, 0.2) is 42.6 Å². The van der Waals surface area contributed by atoms with E-state index in [1.807, 2.05) is 43.3 Å². The first-order valence-corrected chi connectivity index (χ1v) is 5.17. The van der Waals surface area contributed by atoms with Gasteiger partial charge in [-0.1, -0.05) is 12.1 Å². The van der Waals surface area contributed by atoms with Crippen LogP contribution >= 0.6 is 0 Å². The predicted octanol–water partition coefficient (Wildman–Crippen LogP) is 2.64. The molecular weight excluding hydrogens is 200 g/mol. The molecule has 82 valence electrons. The van der Waals surface area contributed by atoms with Crippen molar-refractivity contribution in [3.05, 3.63) is 53.9 Å². The highest BCUT2D eigenvalue weighted by atomic mass is 16.5. The third-order valence-corrected chi connectivity index (χ3v) is 2.25. The Labute approximate surface area is 94.9 Å². The van der Waals surface area contributed by atoms with Gasteiger partial charge in [0.2, 0.25) is 0 Å². The van der Waals surface area contributed by atoms with Gasteiger partial charge in [-0.3, -0.25) is 4.98 Å². The topological polar surface area (TPSA) is 48.1 Å². The molecule has 0 aliphatic rings. The van der Waals surface area contributed by atoms with E-state index in [-0.39, 0.29) is 0 Å². The molecule has 3 nitrogen and oxygen atoms in total. The lowest BCUT2D eigenvalue weighted by molar-refractivity contribution is 0.479. The van der Waals surface area contributed by atoms with Crippen molar-refractivity contribution in [1.29, 1.82) is 0 Å². The Bertz CT molecular complexity index is 466. The summed E-state index contributed by atoms with van der Waals surface area (Å²) < 4.78 is 5.66. The van der Waals surface area contributed by atoms with E-state index in [1.54, 1.807) is 6.20 Å². The number of ether oxygens (including phenoxy) is 1. The SMILES string of the molecule is Cc1ccc(Oc2cccc(CN)c2)cn1. The molecule has 0 amide bonds. The molecule has 16 heavy (non-hydrogen) atoms. The van der Waals surface area contributed by atoms with Crippen molar-refractivity contribution in [3.63, 3.8) is 0 Å². The van der Waals surface area contributed by atoms with Crippen molar-refractivity contribution in [2.75, 3.05) is 0 Å². The van der Waals surface area contributed by atoms with Crippen molar-refractivity contribution >= 4 is 0 Å². The molecule has 3 heteroatoms. The largest absolute Gasteiger partial charge is 0.456 e. The summed E-state index contributed by atoms with van der Waals surface area (Å²) in [4.78, 5) is 4.17. The highest BCUT2D eigenvalue weighted by Crippen LogP contribution is 2.21. The van der Waals surface area contributed by atoms with E-state index in [0.717, 1.165) is 22.8 Å². The first kappa shape index (κ1) is 10.6. The molecule has 1 heterocycles. The van der Waals surface area contributed by atoms with Gasteiger partial charge in [-0.25, -0.2) is 0 Å². The highest BCUT2D eigenvalue weighted by Gasteiger charge is 1.98. The molecule has 0 spiro atoms. The Morgan fingerprint density at radius 3 is 2.75 bits per heavy atom. The number of pyridine rings is 1. The Morgan fingerprint density at radius 2 is 2.06 bits per heavy atom. The van der Waals surface area contributed by atoms with E-state index in [0.29, 0.717) is 6.54 Å². The van der Waals surface area contributed by atoms with Crippen LogP contribution in [0.25, 0.3) is 0 Å². The molecule has 0 saturated carbocycles. The summed E-state index contributed by atoms with van der Waals surface area (Å²) in [7, 11) is 0. The fourth-order valence-electron chi connectivity index (χ4n) is 1.39. The van der Waals surface area contributed by atoms with Crippen LogP contribution in [-0.2, 0) is 6.54 Å². The summed E-state index contributed by atoms with van der Waals surface area (Å²) in [6.45, 7) is 2.46. The zero-order valence-electron chi connectivity index (χ0n) is 9.18. The van der Waals surface area contributed by atoms with Crippen LogP contribution in [0.5, 0.6) is 11.5 Å². The van der Waals surface area contributed by atoms with Crippen molar-refractivity contribution in [2.45, 2.75) is 13.5 Å². The predicted molar refractivity (Wildman–Crippen MR) is 63.4 cm³/mol. The van der Waals surface area contributed by atoms with E-state index in [2.05, 4.69) is 4.98 Å². The molecule has 0 radical (unpaired) electrons. The minimum atomic E-state index is 0.517. The molecule has 1 aromatic carbocycles. The molecule has 2 N–H and O–H groups in total. The van der Waals surface area contributed by atoms with E-state index < -0.39 is 0 Å². The number of hydrogen-bond donors (Lipinski definition) is 1. The molecule has 0 aliphatic carbocycles. The fourth-order valence-corrected chi connectivity index (χ4v) is 1.39. The van der Waals surface area contributed by atoms with Crippen LogP contribution in [0.2, 0.25) is 0 Å². The monoisotopic (exact) mass is 214 g/mol. The van der Waals surface area contributed by atoms with Crippen LogP contribution < -0.4 is 10.5 Å². The molecule has 0 aliphatic heterocycles. The third kappa shape index (κ3) is 2.58. The van der Waals surface area contributed by atoms with Gasteiger partial charge >= 0.3 is 0 Å². The maximum Gasteiger partial charge on any atom is 0.145 e. The molecule has 0 atom stereocenters. The highest BCUT2D eigenvalue weighted by molar-refractivity contribution is 5.33. The smallest absolute Gasteiger partial charge is 0.145 e. The summed E-state index contributed by atoms with van der Waals surface area (Å²) >= 11 is 0. The molecule has 0 fully saturated rings. The summed E-state index contributed by atoms with van der Waals surface area (Å²) in [5, 5.41) is 0. The number of aryl methyl sites for hydroxylation is 1. The van der Waals surface area contributed by atoms with Crippen molar-refractivity contribution in [3.8, 4) is 11.5 Å². The van der Waals surface area contributed by atoms with Gasteiger partial charge in [0.15, 0.2) is 0 Å². The van der Waals surface area contributed by atoms with Crippen molar-refractivity contribution < 1.29 is 4.74 Å². The average molecular weight is 214 g/mol. The molecule has 0 saturated heterocycles. The maximum atomic E-state index is 5.66. The minimum absolute atomic E-state index is 0.517. The lowest BCUT2D eigenvalue weighted by atomic mass is 10.2. The number of nitrogens with two attached hydrogens (primary N) is 1. The zero-order chi connectivity index (χ0) is 11.4. The second kappa shape index (κ2) is 4.77. The van der Waals surface area contributed by atoms with Gasteiger partial charge in [0.25, 0.3) is 0 Å². The number of hydrogen-bond acceptors (Lipinski definition) is 3. The normalized spacial score (nSPS) is 10.1. The molecule has 0 bridgehead atoms. The Balaban J connectivity index is 2.16. The molecule has 0 unspecified atom stereocenters. The zero-order valence-corrected chi connectivity index (χ0v) is 9.18. The summed E-state index contributed by atoms with van der Waals surface area (Å²) in [5.74, 6) is 1.52. The van der Waals surface area contributed by atoms with E-state index >= 15 is 0 Å². The van der Waals surface area contributed by atoms with Crippen LogP contribution in [-0.4, -0.2) is 4.98 Å². The number of benzene rings is 1. The summed E-state index contributed by atoms with van der Waals surface area (Å²) in [6.07, 6.45) is 1.71. The first-order chi connectivity index (χ1) is 7.78.